The van der Waals surface area contributed by atoms with Gasteiger partial charge in [0.2, 0.25) is 15.9 Å². The number of benzene rings is 4. The van der Waals surface area contributed by atoms with Gasteiger partial charge in [0.15, 0.2) is 11.4 Å². The monoisotopic (exact) mass is 940 g/mol. The molecule has 6 aromatic rings. The summed E-state index contributed by atoms with van der Waals surface area (Å²) in [6.07, 6.45) is -10.1. The van der Waals surface area contributed by atoms with Gasteiger partial charge in [-0.1, -0.05) is 59.7 Å². The highest BCUT2D eigenvalue weighted by atomic mass is 32.2. The summed E-state index contributed by atoms with van der Waals surface area (Å²) >= 11 is 0. The average molecular weight is 941 g/mol. The molecule has 63 heavy (non-hydrogen) atoms. The Bertz CT molecular complexity index is 2820. The molecule has 2 heterocycles. The van der Waals surface area contributed by atoms with Crippen molar-refractivity contribution in [2.45, 2.75) is 49.8 Å². The van der Waals surface area contributed by atoms with E-state index in [9.17, 15) is 52.5 Å². The van der Waals surface area contributed by atoms with Crippen molar-refractivity contribution in [3.8, 4) is 33.9 Å². The van der Waals surface area contributed by atoms with E-state index in [0.717, 1.165) is 44.8 Å². The molecular formula is C40H39F6N6O8PS2. The molecule has 336 valence electrons. The highest BCUT2D eigenvalue weighted by molar-refractivity contribution is 7.90. The zero-order valence-electron chi connectivity index (χ0n) is 33.7. The zero-order chi connectivity index (χ0) is 46.5. The Balaban J connectivity index is 0.000000252. The van der Waals surface area contributed by atoms with Gasteiger partial charge in [-0.2, -0.15) is 36.5 Å². The maximum Gasteiger partial charge on any atom is 0.435 e. The van der Waals surface area contributed by atoms with Crippen LogP contribution in [0.4, 0.5) is 26.3 Å². The number of nitrogens with one attached hydrogen (secondary N) is 1. The fourth-order valence-corrected chi connectivity index (χ4v) is 8.86. The van der Waals surface area contributed by atoms with Crippen molar-refractivity contribution in [1.82, 2.24) is 24.3 Å². The number of hydrogen-bond acceptors (Lipinski definition) is 10. The van der Waals surface area contributed by atoms with Gasteiger partial charge in [0.1, 0.15) is 6.16 Å². The molecule has 0 saturated heterocycles. The van der Waals surface area contributed by atoms with E-state index in [0.29, 0.717) is 11.1 Å². The van der Waals surface area contributed by atoms with Gasteiger partial charge >= 0.3 is 19.9 Å². The van der Waals surface area contributed by atoms with Crippen LogP contribution < -0.4 is 9.86 Å². The second-order valence-electron chi connectivity index (χ2n) is 13.5. The van der Waals surface area contributed by atoms with E-state index in [1.54, 1.807) is 67.1 Å². The number of sulfonamides is 2. The fraction of sp³-hybridized carbons (Fsp3) is 0.225. The van der Waals surface area contributed by atoms with E-state index in [1.807, 2.05) is 13.8 Å². The minimum atomic E-state index is -4.69. The molecule has 3 N–H and O–H groups in total. The summed E-state index contributed by atoms with van der Waals surface area (Å²) in [6.45, 7) is 6.78. The third-order valence-electron chi connectivity index (χ3n) is 8.73. The van der Waals surface area contributed by atoms with Crippen molar-refractivity contribution in [1.29, 1.82) is 0 Å². The Labute approximate surface area is 358 Å². The van der Waals surface area contributed by atoms with Gasteiger partial charge in [0.25, 0.3) is 10.0 Å². The molecule has 0 aliphatic carbocycles. The first-order valence-electron chi connectivity index (χ1n) is 18.5. The minimum Gasteiger partial charge on any atom is -0.309 e. The number of alkyl halides is 6. The minimum absolute atomic E-state index is 0.00712. The number of rotatable bonds is 13. The Hall–Kier alpha value is -5.64. The summed E-state index contributed by atoms with van der Waals surface area (Å²) in [4.78, 5) is 11.8. The van der Waals surface area contributed by atoms with Gasteiger partial charge < -0.3 is 9.05 Å². The molecule has 4 aromatic carbocycles. The number of amides is 1. The predicted octanol–water partition coefficient (Wildman–Crippen LogP) is 8.45. The van der Waals surface area contributed by atoms with Crippen LogP contribution >= 0.6 is 7.60 Å². The average Bonchev–Trinajstić information content (AvgIpc) is 3.86. The first-order chi connectivity index (χ1) is 29.3. The third-order valence-corrected chi connectivity index (χ3v) is 13.0. The molecule has 0 spiro atoms. The van der Waals surface area contributed by atoms with Crippen LogP contribution in [0, 0.1) is 13.8 Å². The van der Waals surface area contributed by atoms with Crippen molar-refractivity contribution in [3.05, 3.63) is 132 Å². The van der Waals surface area contributed by atoms with Gasteiger partial charge in [-0.05, 0) is 88.4 Å². The summed E-state index contributed by atoms with van der Waals surface area (Å²) in [6, 6.07) is 25.5. The molecule has 0 bridgehead atoms. The SMILES string of the molecule is CCOP(=O)(CC(=O)NS(=O)(=O)c1ccc(-n2nc(C(F)(F)F)cc2-c2ccc(C)cc2)cc1)OCC.Cc1ccc(-c2cc(C(F)(F)F)nn2-c2ccc(S(N)(=O)=O)cc2)cc1. The Morgan fingerprint density at radius 1 is 0.651 bits per heavy atom. The van der Waals surface area contributed by atoms with Crippen molar-refractivity contribution >= 4 is 33.5 Å². The van der Waals surface area contributed by atoms with Crippen LogP contribution in [0.25, 0.3) is 33.9 Å². The molecule has 1 amide bonds. The molecule has 0 saturated carbocycles. The molecular weight excluding hydrogens is 902 g/mol. The lowest BCUT2D eigenvalue weighted by molar-refractivity contribution is -0.142. The molecule has 2 aromatic heterocycles. The van der Waals surface area contributed by atoms with Crippen LogP contribution in [0.15, 0.2) is 119 Å². The molecule has 0 fully saturated rings. The lowest BCUT2D eigenvalue weighted by Crippen LogP contribution is -2.33. The van der Waals surface area contributed by atoms with E-state index in [-0.39, 0.29) is 45.8 Å². The van der Waals surface area contributed by atoms with E-state index < -0.39 is 63.5 Å². The van der Waals surface area contributed by atoms with Gasteiger partial charge in [-0.3, -0.25) is 9.36 Å². The molecule has 23 heteroatoms. The number of carbonyl (C=O) groups is 1. The van der Waals surface area contributed by atoms with Crippen LogP contribution in [-0.4, -0.2) is 61.7 Å². The molecule has 6 rings (SSSR count). The molecule has 0 unspecified atom stereocenters. The second-order valence-corrected chi connectivity index (χ2v) is 18.8. The highest BCUT2D eigenvalue weighted by Crippen LogP contribution is 2.47. The summed E-state index contributed by atoms with van der Waals surface area (Å²) in [7, 11) is -12.1. The number of halogens is 6. The number of hydrogen-bond donors (Lipinski definition) is 2. The van der Waals surface area contributed by atoms with Crippen LogP contribution in [0.1, 0.15) is 36.4 Å². The Kier molecular flexibility index (Phi) is 14.6. The van der Waals surface area contributed by atoms with E-state index in [1.165, 1.54) is 36.4 Å². The molecule has 0 atom stereocenters. The maximum atomic E-state index is 13.4. The zero-order valence-corrected chi connectivity index (χ0v) is 36.2. The van der Waals surface area contributed by atoms with E-state index >= 15 is 0 Å². The Morgan fingerprint density at radius 2 is 1.02 bits per heavy atom. The summed E-state index contributed by atoms with van der Waals surface area (Å²) in [5, 5.41) is 12.4. The van der Waals surface area contributed by atoms with Gasteiger partial charge in [0, 0.05) is 11.1 Å². The molecule has 14 nitrogen and oxygen atoms in total. The van der Waals surface area contributed by atoms with Crippen molar-refractivity contribution in [3.63, 3.8) is 0 Å². The van der Waals surface area contributed by atoms with Crippen molar-refractivity contribution < 1.29 is 61.6 Å². The van der Waals surface area contributed by atoms with Gasteiger partial charge in [0.05, 0.1) is 45.8 Å². The number of carbonyl (C=O) groups excluding carboxylic acids is 1. The van der Waals surface area contributed by atoms with Crippen LogP contribution in [-0.2, 0) is 50.8 Å². The van der Waals surface area contributed by atoms with Gasteiger partial charge in [-0.25, -0.2) is 36.1 Å². The molecule has 0 aliphatic heterocycles. The van der Waals surface area contributed by atoms with Crippen LogP contribution in [0.3, 0.4) is 0 Å². The number of nitrogens with two attached hydrogens (primary N) is 1. The highest BCUT2D eigenvalue weighted by Gasteiger charge is 2.37. The maximum absolute atomic E-state index is 13.4. The lowest BCUT2D eigenvalue weighted by Gasteiger charge is -2.16. The summed E-state index contributed by atoms with van der Waals surface area (Å²) < 4.78 is 154. The number of nitrogens with zero attached hydrogens (tertiary/aromatic N) is 4. The molecule has 0 aliphatic rings. The fourth-order valence-electron chi connectivity index (χ4n) is 5.78. The van der Waals surface area contributed by atoms with E-state index in [2.05, 4.69) is 10.2 Å². The topological polar surface area (TPSA) is 195 Å². The van der Waals surface area contributed by atoms with Crippen molar-refractivity contribution in [2.75, 3.05) is 19.4 Å². The number of aryl methyl sites for hydroxylation is 2. The smallest absolute Gasteiger partial charge is 0.309 e. The van der Waals surface area contributed by atoms with Crippen molar-refractivity contribution in [2.24, 2.45) is 5.14 Å². The quantitative estimate of drug-likeness (QED) is 0.0838. The molecule has 0 radical (unpaired) electrons. The van der Waals surface area contributed by atoms with Crippen LogP contribution in [0.5, 0.6) is 0 Å². The first-order valence-corrected chi connectivity index (χ1v) is 23.3. The summed E-state index contributed by atoms with van der Waals surface area (Å²) in [5.41, 5.74) is 1.59. The standard InChI is InChI=1S/C23H25F3N3O6PS.C17H14F3N3O2S/c1-4-34-36(31,35-5-2)15-22(30)28-37(32,33)19-12-10-18(11-13-19)29-20(14-21(27-29)23(24,25)26)17-8-6-16(3)7-9-17;1-11-2-4-12(5-3-11)15-10-16(17(18,19)20)22-23(15)13-6-8-14(9-7-13)26(21,24)25/h6-14H,4-5,15H2,1-3H3,(H,28,30);2-10H,1H3,(H2,21,24,25). The van der Waals surface area contributed by atoms with Gasteiger partial charge in [-0.15, -0.1) is 0 Å². The third kappa shape index (κ3) is 12.3. The normalized spacial score (nSPS) is 12.4. The predicted molar refractivity (Wildman–Crippen MR) is 220 cm³/mol. The largest absolute Gasteiger partial charge is 0.435 e. The first kappa shape index (κ1) is 48.4. The van der Waals surface area contributed by atoms with E-state index in [4.69, 9.17) is 14.2 Å². The second kappa shape index (κ2) is 19.0. The Morgan fingerprint density at radius 3 is 1.35 bits per heavy atom. The number of primary sulfonamides is 1. The lowest BCUT2D eigenvalue weighted by atomic mass is 10.1. The summed E-state index contributed by atoms with van der Waals surface area (Å²) in [5.74, 6) is -1.10. The number of aromatic nitrogens is 4. The van der Waals surface area contributed by atoms with Crippen LogP contribution in [0.2, 0.25) is 0 Å².